The van der Waals surface area contributed by atoms with Gasteiger partial charge in [-0.1, -0.05) is 37.3 Å². The minimum absolute atomic E-state index is 0.366. The molecule has 1 unspecified atom stereocenters. The van der Waals surface area contributed by atoms with E-state index in [9.17, 15) is 0 Å². The van der Waals surface area contributed by atoms with Crippen molar-refractivity contribution in [2.45, 2.75) is 32.7 Å². The quantitative estimate of drug-likeness (QED) is 0.879. The van der Waals surface area contributed by atoms with Crippen LogP contribution in [0.1, 0.15) is 37.4 Å². The van der Waals surface area contributed by atoms with Crippen molar-refractivity contribution in [1.82, 2.24) is 5.32 Å². The highest BCUT2D eigenvalue weighted by atomic mass is 16.5. The summed E-state index contributed by atoms with van der Waals surface area (Å²) in [6.07, 6.45) is 2.18. The van der Waals surface area contributed by atoms with Gasteiger partial charge >= 0.3 is 0 Å². The van der Waals surface area contributed by atoms with Gasteiger partial charge in [0.25, 0.3) is 0 Å². The van der Waals surface area contributed by atoms with Crippen LogP contribution < -0.4 is 10.1 Å². The Morgan fingerprint density at radius 3 is 2.90 bits per heavy atom. The minimum atomic E-state index is 0.366. The molecule has 0 aromatic heterocycles. The van der Waals surface area contributed by atoms with E-state index < -0.39 is 0 Å². The van der Waals surface area contributed by atoms with Crippen molar-refractivity contribution in [2.75, 3.05) is 13.2 Å². The highest BCUT2D eigenvalue weighted by Gasteiger charge is 2.15. The van der Waals surface area contributed by atoms with Gasteiger partial charge in [0.2, 0.25) is 0 Å². The van der Waals surface area contributed by atoms with Crippen LogP contribution in [0.5, 0.6) is 5.75 Å². The summed E-state index contributed by atoms with van der Waals surface area (Å²) in [4.78, 5) is 0. The molecular weight excluding hydrogens is 258 g/mol. The van der Waals surface area contributed by atoms with Crippen LogP contribution in [-0.2, 0) is 6.42 Å². The van der Waals surface area contributed by atoms with Crippen molar-refractivity contribution in [3.63, 3.8) is 0 Å². The fraction of sp³-hybridized carbons (Fsp3) is 0.368. The van der Waals surface area contributed by atoms with E-state index in [1.807, 2.05) is 0 Å². The maximum absolute atomic E-state index is 5.61. The molecule has 2 aromatic rings. The van der Waals surface area contributed by atoms with Crippen LogP contribution in [0.15, 0.2) is 42.5 Å². The maximum atomic E-state index is 5.61. The van der Waals surface area contributed by atoms with Crippen molar-refractivity contribution < 1.29 is 4.74 Å². The molecule has 1 N–H and O–H groups in total. The average Bonchev–Trinajstić information content (AvgIpc) is 3.00. The molecule has 1 aliphatic rings. The van der Waals surface area contributed by atoms with Gasteiger partial charge in [-0.3, -0.25) is 0 Å². The largest absolute Gasteiger partial charge is 0.493 e. The van der Waals surface area contributed by atoms with Crippen LogP contribution in [0.3, 0.4) is 0 Å². The van der Waals surface area contributed by atoms with E-state index in [2.05, 4.69) is 61.6 Å². The van der Waals surface area contributed by atoms with Crippen LogP contribution in [-0.4, -0.2) is 13.2 Å². The van der Waals surface area contributed by atoms with Crippen molar-refractivity contribution >= 4 is 0 Å². The fourth-order valence-corrected chi connectivity index (χ4v) is 2.96. The normalized spacial score (nSPS) is 14.6. The predicted octanol–water partition coefficient (Wildman–Crippen LogP) is 4.35. The number of hydrogen-bond acceptors (Lipinski definition) is 2. The zero-order valence-electron chi connectivity index (χ0n) is 12.9. The molecule has 21 heavy (non-hydrogen) atoms. The Labute approximate surface area is 127 Å². The van der Waals surface area contributed by atoms with E-state index in [0.717, 1.165) is 31.7 Å². The first-order valence-electron chi connectivity index (χ1n) is 7.88. The summed E-state index contributed by atoms with van der Waals surface area (Å²) in [7, 11) is 0. The smallest absolute Gasteiger partial charge is 0.122 e. The van der Waals surface area contributed by atoms with E-state index >= 15 is 0 Å². The van der Waals surface area contributed by atoms with Crippen LogP contribution in [0, 0.1) is 0 Å². The van der Waals surface area contributed by atoms with Gasteiger partial charge in [0.1, 0.15) is 5.75 Å². The Morgan fingerprint density at radius 1 is 1.19 bits per heavy atom. The first-order chi connectivity index (χ1) is 10.3. The van der Waals surface area contributed by atoms with Gasteiger partial charge in [-0.05, 0) is 54.3 Å². The average molecular weight is 281 g/mol. The molecule has 0 amide bonds. The Bertz CT molecular complexity index is 621. The Kier molecular flexibility index (Phi) is 4.26. The predicted molar refractivity (Wildman–Crippen MR) is 87.8 cm³/mol. The zero-order valence-corrected chi connectivity index (χ0v) is 12.9. The number of benzene rings is 2. The van der Waals surface area contributed by atoms with Crippen LogP contribution in [0.2, 0.25) is 0 Å². The third kappa shape index (κ3) is 2.96. The van der Waals surface area contributed by atoms with Crippen LogP contribution in [0.4, 0.5) is 0 Å². The Hall–Kier alpha value is -1.80. The van der Waals surface area contributed by atoms with Gasteiger partial charge in [-0.15, -0.1) is 0 Å². The van der Waals surface area contributed by atoms with Crippen molar-refractivity contribution in [2.24, 2.45) is 0 Å². The van der Waals surface area contributed by atoms with E-state index in [-0.39, 0.29) is 0 Å². The number of rotatable bonds is 5. The second-order valence-corrected chi connectivity index (χ2v) is 5.68. The number of nitrogens with one attached hydrogen (secondary N) is 1. The summed E-state index contributed by atoms with van der Waals surface area (Å²) >= 11 is 0. The summed E-state index contributed by atoms with van der Waals surface area (Å²) in [5.74, 6) is 1.05. The van der Waals surface area contributed by atoms with Gasteiger partial charge < -0.3 is 10.1 Å². The summed E-state index contributed by atoms with van der Waals surface area (Å²) in [6.45, 7) is 6.31. The van der Waals surface area contributed by atoms with Gasteiger partial charge in [-0.2, -0.15) is 0 Å². The minimum Gasteiger partial charge on any atom is -0.493 e. The molecule has 1 atom stereocenters. The molecule has 110 valence electrons. The first-order valence-corrected chi connectivity index (χ1v) is 7.88. The molecule has 3 rings (SSSR count). The zero-order chi connectivity index (χ0) is 14.7. The summed E-state index contributed by atoms with van der Waals surface area (Å²) < 4.78 is 5.61. The van der Waals surface area contributed by atoms with E-state index in [4.69, 9.17) is 4.74 Å². The van der Waals surface area contributed by atoms with Gasteiger partial charge in [0, 0.05) is 12.5 Å². The lowest BCUT2D eigenvalue weighted by atomic mass is 9.94. The molecule has 0 saturated heterocycles. The molecule has 0 spiro atoms. The lowest BCUT2D eigenvalue weighted by molar-refractivity contribution is 0.357. The third-order valence-electron chi connectivity index (χ3n) is 4.13. The van der Waals surface area contributed by atoms with Crippen molar-refractivity contribution in [1.29, 1.82) is 0 Å². The molecule has 0 radical (unpaired) electrons. The Morgan fingerprint density at radius 2 is 2.05 bits per heavy atom. The lowest BCUT2D eigenvalue weighted by Crippen LogP contribution is -2.19. The van der Waals surface area contributed by atoms with Crippen LogP contribution >= 0.6 is 0 Å². The summed E-state index contributed by atoms with van der Waals surface area (Å²) in [5, 5.41) is 3.59. The summed E-state index contributed by atoms with van der Waals surface area (Å²) in [5.41, 5.74) is 5.31. The monoisotopic (exact) mass is 281 g/mol. The molecule has 0 saturated carbocycles. The standard InChI is InChI=1S/C19H23NO/c1-3-11-20-14(2)17-6-4-5-7-18(17)15-8-9-19-16(13-15)10-12-21-19/h4-9,13-14,20H,3,10-12H2,1-2H3. The highest BCUT2D eigenvalue weighted by molar-refractivity contribution is 5.70. The van der Waals surface area contributed by atoms with Gasteiger partial charge in [0.05, 0.1) is 6.61 Å². The number of hydrogen-bond donors (Lipinski definition) is 1. The van der Waals surface area contributed by atoms with E-state index in [1.54, 1.807) is 0 Å². The molecule has 0 bridgehead atoms. The second kappa shape index (κ2) is 6.31. The molecule has 0 aliphatic carbocycles. The van der Waals surface area contributed by atoms with Gasteiger partial charge in [0.15, 0.2) is 0 Å². The lowest BCUT2D eigenvalue weighted by Gasteiger charge is -2.18. The summed E-state index contributed by atoms with van der Waals surface area (Å²) in [6, 6.07) is 15.6. The van der Waals surface area contributed by atoms with E-state index in [1.165, 1.54) is 22.3 Å². The highest BCUT2D eigenvalue weighted by Crippen LogP contribution is 2.33. The molecule has 1 heterocycles. The molecular formula is C19H23NO. The maximum Gasteiger partial charge on any atom is 0.122 e. The SMILES string of the molecule is CCCNC(C)c1ccccc1-c1ccc2c(c1)CCO2. The van der Waals surface area contributed by atoms with Crippen molar-refractivity contribution in [3.8, 4) is 16.9 Å². The second-order valence-electron chi connectivity index (χ2n) is 5.68. The first kappa shape index (κ1) is 14.2. The third-order valence-corrected chi connectivity index (χ3v) is 4.13. The van der Waals surface area contributed by atoms with E-state index in [0.29, 0.717) is 6.04 Å². The van der Waals surface area contributed by atoms with Gasteiger partial charge in [-0.25, -0.2) is 0 Å². The Balaban J connectivity index is 1.95. The number of fused-ring (bicyclic) bond motifs is 1. The number of ether oxygens (including phenoxy) is 1. The topological polar surface area (TPSA) is 21.3 Å². The fourth-order valence-electron chi connectivity index (χ4n) is 2.96. The van der Waals surface area contributed by atoms with Crippen molar-refractivity contribution in [3.05, 3.63) is 53.6 Å². The molecule has 2 aromatic carbocycles. The van der Waals surface area contributed by atoms with Crippen LogP contribution in [0.25, 0.3) is 11.1 Å². The molecule has 0 fully saturated rings. The molecule has 2 nitrogen and oxygen atoms in total. The molecule has 2 heteroatoms. The molecule has 1 aliphatic heterocycles.